The standard InChI is InChI=1S/C16H15N5O2/c1-12(23-14-5-3-2-4-6-14)15(22)20-13-9-18-16(19-10-13)21-8-7-17-11-21/h2-12H,1H3,(H,20,22). The van der Waals surface area contributed by atoms with Crippen molar-refractivity contribution in [2.24, 2.45) is 0 Å². The molecule has 0 saturated heterocycles. The van der Waals surface area contributed by atoms with Gasteiger partial charge < -0.3 is 10.1 Å². The van der Waals surface area contributed by atoms with Gasteiger partial charge in [-0.25, -0.2) is 15.0 Å². The summed E-state index contributed by atoms with van der Waals surface area (Å²) in [5.74, 6) is 0.851. The number of carbonyl (C=O) groups excluding carboxylic acids is 1. The molecule has 0 fully saturated rings. The fourth-order valence-electron chi connectivity index (χ4n) is 1.90. The molecule has 2 heterocycles. The minimum atomic E-state index is -0.634. The van der Waals surface area contributed by atoms with Crippen molar-refractivity contribution in [3.63, 3.8) is 0 Å². The average molecular weight is 309 g/mol. The van der Waals surface area contributed by atoms with Gasteiger partial charge in [0.25, 0.3) is 5.91 Å². The van der Waals surface area contributed by atoms with Crippen molar-refractivity contribution in [1.29, 1.82) is 0 Å². The van der Waals surface area contributed by atoms with E-state index in [9.17, 15) is 4.79 Å². The van der Waals surface area contributed by atoms with E-state index in [1.165, 1.54) is 12.4 Å². The van der Waals surface area contributed by atoms with Gasteiger partial charge >= 0.3 is 0 Å². The topological polar surface area (TPSA) is 81.9 Å². The Labute approximate surface area is 133 Å². The third-order valence-electron chi connectivity index (χ3n) is 3.07. The minimum absolute atomic E-state index is 0.271. The first-order valence-corrected chi connectivity index (χ1v) is 7.05. The van der Waals surface area contributed by atoms with Crippen LogP contribution in [0.1, 0.15) is 6.92 Å². The Morgan fingerprint density at radius 3 is 2.61 bits per heavy atom. The lowest BCUT2D eigenvalue weighted by atomic mass is 10.3. The minimum Gasteiger partial charge on any atom is -0.481 e. The summed E-state index contributed by atoms with van der Waals surface area (Å²) in [6.45, 7) is 1.68. The van der Waals surface area contributed by atoms with E-state index in [0.29, 0.717) is 17.4 Å². The summed E-state index contributed by atoms with van der Waals surface area (Å²) in [5, 5.41) is 2.72. The molecular weight excluding hydrogens is 294 g/mol. The van der Waals surface area contributed by atoms with Crippen molar-refractivity contribution in [2.75, 3.05) is 5.32 Å². The second kappa shape index (κ2) is 6.69. The fourth-order valence-corrected chi connectivity index (χ4v) is 1.90. The Balaban J connectivity index is 1.61. The van der Waals surface area contributed by atoms with Crippen LogP contribution in [0.25, 0.3) is 5.95 Å². The number of amides is 1. The highest BCUT2D eigenvalue weighted by Gasteiger charge is 2.15. The average Bonchev–Trinajstić information content (AvgIpc) is 3.11. The van der Waals surface area contributed by atoms with Gasteiger partial charge in [-0.3, -0.25) is 9.36 Å². The largest absolute Gasteiger partial charge is 0.481 e. The Bertz CT molecular complexity index is 757. The predicted molar refractivity (Wildman–Crippen MR) is 84.3 cm³/mol. The number of aromatic nitrogens is 4. The third-order valence-corrected chi connectivity index (χ3v) is 3.07. The Morgan fingerprint density at radius 2 is 1.96 bits per heavy atom. The number of imidazole rings is 1. The molecule has 1 amide bonds. The van der Waals surface area contributed by atoms with Crippen LogP contribution in [0.5, 0.6) is 5.75 Å². The van der Waals surface area contributed by atoms with Crippen LogP contribution in [0.3, 0.4) is 0 Å². The molecule has 2 aromatic heterocycles. The molecule has 0 aliphatic rings. The molecule has 1 atom stereocenters. The van der Waals surface area contributed by atoms with Crippen molar-refractivity contribution in [2.45, 2.75) is 13.0 Å². The Morgan fingerprint density at radius 1 is 1.22 bits per heavy atom. The van der Waals surface area contributed by atoms with Gasteiger partial charge in [-0.05, 0) is 19.1 Å². The van der Waals surface area contributed by atoms with E-state index in [0.717, 1.165) is 0 Å². The lowest BCUT2D eigenvalue weighted by Crippen LogP contribution is -2.30. The molecular formula is C16H15N5O2. The molecule has 3 aromatic rings. The van der Waals surface area contributed by atoms with Crippen LogP contribution in [-0.4, -0.2) is 31.5 Å². The number of hydrogen-bond donors (Lipinski definition) is 1. The number of ether oxygens (including phenoxy) is 1. The van der Waals surface area contributed by atoms with Crippen molar-refractivity contribution < 1.29 is 9.53 Å². The quantitative estimate of drug-likeness (QED) is 0.780. The SMILES string of the molecule is CC(Oc1ccccc1)C(=O)Nc1cnc(-n2ccnc2)nc1. The van der Waals surface area contributed by atoms with Crippen LogP contribution in [0.15, 0.2) is 61.4 Å². The van der Waals surface area contributed by atoms with Gasteiger partial charge in [-0.15, -0.1) is 0 Å². The van der Waals surface area contributed by atoms with E-state index in [-0.39, 0.29) is 5.91 Å². The molecule has 1 unspecified atom stereocenters. The maximum atomic E-state index is 12.1. The molecule has 0 spiro atoms. The first kappa shape index (κ1) is 14.7. The Hall–Kier alpha value is -3.22. The first-order chi connectivity index (χ1) is 11.2. The molecule has 0 radical (unpaired) electrons. The zero-order chi connectivity index (χ0) is 16.1. The Kier molecular flexibility index (Phi) is 4.28. The van der Waals surface area contributed by atoms with Gasteiger partial charge in [0.2, 0.25) is 5.95 Å². The van der Waals surface area contributed by atoms with E-state index in [2.05, 4.69) is 20.3 Å². The molecule has 1 aromatic carbocycles. The first-order valence-electron chi connectivity index (χ1n) is 7.05. The molecule has 23 heavy (non-hydrogen) atoms. The van der Waals surface area contributed by atoms with Crippen molar-refractivity contribution in [3.05, 3.63) is 61.4 Å². The summed E-state index contributed by atoms with van der Waals surface area (Å²) in [4.78, 5) is 24.4. The fraction of sp³-hybridized carbons (Fsp3) is 0.125. The summed E-state index contributed by atoms with van der Waals surface area (Å²) in [6.07, 6.45) is 7.42. The van der Waals surface area contributed by atoms with Gasteiger partial charge in [0, 0.05) is 12.4 Å². The molecule has 0 aliphatic carbocycles. The summed E-state index contributed by atoms with van der Waals surface area (Å²) in [7, 11) is 0. The van der Waals surface area contributed by atoms with Gasteiger partial charge in [0.05, 0.1) is 18.1 Å². The highest BCUT2D eigenvalue weighted by Crippen LogP contribution is 2.12. The number of benzene rings is 1. The number of hydrogen-bond acceptors (Lipinski definition) is 5. The predicted octanol–water partition coefficient (Wildman–Crippen LogP) is 2.07. The van der Waals surface area contributed by atoms with Crippen LogP contribution < -0.4 is 10.1 Å². The molecule has 3 rings (SSSR count). The highest BCUT2D eigenvalue weighted by atomic mass is 16.5. The number of anilines is 1. The monoisotopic (exact) mass is 309 g/mol. The van der Waals surface area contributed by atoms with Crippen LogP contribution in [-0.2, 0) is 4.79 Å². The number of para-hydroxylation sites is 1. The number of nitrogens with zero attached hydrogens (tertiary/aromatic N) is 4. The summed E-state index contributed by atoms with van der Waals surface area (Å²) in [6, 6.07) is 9.18. The van der Waals surface area contributed by atoms with Crippen LogP contribution >= 0.6 is 0 Å². The molecule has 0 aliphatic heterocycles. The van der Waals surface area contributed by atoms with Crippen molar-refractivity contribution in [1.82, 2.24) is 19.5 Å². The maximum absolute atomic E-state index is 12.1. The summed E-state index contributed by atoms with van der Waals surface area (Å²) < 4.78 is 7.24. The molecule has 7 nitrogen and oxygen atoms in total. The lowest BCUT2D eigenvalue weighted by Gasteiger charge is -2.14. The lowest BCUT2D eigenvalue weighted by molar-refractivity contribution is -0.122. The smallest absolute Gasteiger partial charge is 0.265 e. The van der Waals surface area contributed by atoms with E-state index >= 15 is 0 Å². The van der Waals surface area contributed by atoms with E-state index in [4.69, 9.17) is 4.74 Å². The summed E-state index contributed by atoms with van der Waals surface area (Å²) >= 11 is 0. The molecule has 116 valence electrons. The normalized spacial score (nSPS) is 11.7. The van der Waals surface area contributed by atoms with E-state index in [1.54, 1.807) is 42.3 Å². The second-order valence-electron chi connectivity index (χ2n) is 4.80. The molecule has 0 bridgehead atoms. The van der Waals surface area contributed by atoms with E-state index < -0.39 is 6.10 Å². The number of rotatable bonds is 5. The van der Waals surface area contributed by atoms with Gasteiger partial charge in [-0.1, -0.05) is 18.2 Å². The van der Waals surface area contributed by atoms with Gasteiger partial charge in [0.15, 0.2) is 6.10 Å². The molecule has 7 heteroatoms. The summed E-state index contributed by atoms with van der Waals surface area (Å²) in [5.41, 5.74) is 0.502. The molecule has 0 saturated carbocycles. The zero-order valence-corrected chi connectivity index (χ0v) is 12.5. The van der Waals surface area contributed by atoms with Gasteiger partial charge in [-0.2, -0.15) is 0 Å². The zero-order valence-electron chi connectivity index (χ0n) is 12.5. The van der Waals surface area contributed by atoms with Crippen molar-refractivity contribution >= 4 is 11.6 Å². The highest BCUT2D eigenvalue weighted by molar-refractivity contribution is 5.93. The third kappa shape index (κ3) is 3.70. The van der Waals surface area contributed by atoms with Crippen LogP contribution in [0.2, 0.25) is 0 Å². The second-order valence-corrected chi connectivity index (χ2v) is 4.80. The maximum Gasteiger partial charge on any atom is 0.265 e. The number of carbonyl (C=O) groups is 1. The van der Waals surface area contributed by atoms with Gasteiger partial charge in [0.1, 0.15) is 12.1 Å². The van der Waals surface area contributed by atoms with Crippen LogP contribution in [0.4, 0.5) is 5.69 Å². The number of nitrogens with one attached hydrogen (secondary N) is 1. The van der Waals surface area contributed by atoms with E-state index in [1.807, 2.05) is 18.2 Å². The van der Waals surface area contributed by atoms with Crippen LogP contribution in [0, 0.1) is 0 Å². The molecule has 1 N–H and O–H groups in total. The van der Waals surface area contributed by atoms with Crippen molar-refractivity contribution in [3.8, 4) is 11.7 Å².